The van der Waals surface area contributed by atoms with E-state index in [1.54, 1.807) is 0 Å². The first-order valence-corrected chi connectivity index (χ1v) is 14.1. The topological polar surface area (TPSA) is 49.2 Å². The second-order valence-corrected chi connectivity index (χ2v) is 11.3. The number of nitrogens with one attached hydrogen (secondary N) is 1. The minimum Gasteiger partial charge on any atom is -0.315 e. The highest BCUT2D eigenvalue weighted by Gasteiger charge is 2.40. The number of alkyl halides is 2. The van der Waals surface area contributed by atoms with Gasteiger partial charge in [-0.1, -0.05) is 54.6 Å². The molecule has 3 aromatic rings. The summed E-state index contributed by atoms with van der Waals surface area (Å²) in [6.07, 6.45) is 5.91. The minimum atomic E-state index is -2.58. The molecule has 0 amide bonds. The van der Waals surface area contributed by atoms with Gasteiger partial charge in [0.1, 0.15) is 12.2 Å². The van der Waals surface area contributed by atoms with Crippen LogP contribution in [0.3, 0.4) is 0 Å². The third-order valence-corrected chi connectivity index (χ3v) is 8.57. The Balaban J connectivity index is 1.29. The largest absolute Gasteiger partial charge is 0.315 e. The van der Waals surface area contributed by atoms with Crippen LogP contribution in [0.1, 0.15) is 60.5 Å². The van der Waals surface area contributed by atoms with E-state index in [0.717, 1.165) is 50.5 Å². The Hall–Kier alpha value is -2.68. The van der Waals surface area contributed by atoms with Gasteiger partial charge in [0, 0.05) is 31.6 Å². The first-order chi connectivity index (χ1) is 18.6. The van der Waals surface area contributed by atoms with Crippen LogP contribution in [0, 0.1) is 0 Å². The lowest BCUT2D eigenvalue weighted by Gasteiger charge is -2.35. The van der Waals surface area contributed by atoms with E-state index < -0.39 is 5.92 Å². The summed E-state index contributed by atoms with van der Waals surface area (Å²) in [6.45, 7) is 5.11. The molecule has 0 spiro atoms. The fraction of sp³-hybridized carbons (Fsp3) is 0.533. The molecule has 1 aromatic heterocycles. The molecule has 8 heteroatoms. The average molecular weight is 521 g/mol. The Morgan fingerprint density at radius 1 is 0.947 bits per heavy atom. The molecule has 3 fully saturated rings. The number of rotatable bonds is 8. The zero-order valence-corrected chi connectivity index (χ0v) is 22.0. The predicted molar refractivity (Wildman–Crippen MR) is 144 cm³/mol. The molecular formula is C30H38F2N6. The summed E-state index contributed by atoms with van der Waals surface area (Å²) in [5, 5.41) is 12.6. The standard InChI is InChI=1S/C30H38F2N6/c31-30(32)14-5-16-36(21-30)19-24-9-11-25(12-10-24)28(27-8-4-17-38(27)26-13-15-33-18-26)29-35-34-22-37(29)20-23-6-2-1-3-7-23/h1-3,6-7,9-12,22,26-28,33H,4-5,8,13-21H2. The number of aromatic nitrogens is 3. The summed E-state index contributed by atoms with van der Waals surface area (Å²) in [4.78, 5) is 4.59. The van der Waals surface area contributed by atoms with E-state index in [0.29, 0.717) is 25.0 Å². The Labute approximate surface area is 224 Å². The number of hydrogen-bond acceptors (Lipinski definition) is 5. The lowest BCUT2D eigenvalue weighted by molar-refractivity contribution is -0.0661. The lowest BCUT2D eigenvalue weighted by atomic mass is 9.87. The normalized spacial score (nSPS) is 25.1. The van der Waals surface area contributed by atoms with E-state index >= 15 is 0 Å². The first-order valence-electron chi connectivity index (χ1n) is 14.1. The minimum absolute atomic E-state index is 0.00217. The molecule has 3 saturated heterocycles. The Morgan fingerprint density at radius 3 is 2.53 bits per heavy atom. The van der Waals surface area contributed by atoms with Gasteiger partial charge in [-0.05, 0) is 62.0 Å². The smallest absolute Gasteiger partial charge is 0.260 e. The zero-order chi connectivity index (χ0) is 26.0. The second-order valence-electron chi connectivity index (χ2n) is 11.3. The number of nitrogens with zero attached hydrogens (tertiary/aromatic N) is 5. The van der Waals surface area contributed by atoms with Gasteiger partial charge in [0.15, 0.2) is 0 Å². The van der Waals surface area contributed by atoms with Gasteiger partial charge in [-0.2, -0.15) is 0 Å². The Morgan fingerprint density at radius 2 is 1.76 bits per heavy atom. The van der Waals surface area contributed by atoms with E-state index in [2.05, 4.69) is 68.4 Å². The molecule has 0 aliphatic carbocycles. The monoisotopic (exact) mass is 520 g/mol. The maximum Gasteiger partial charge on any atom is 0.260 e. The molecule has 202 valence electrons. The van der Waals surface area contributed by atoms with Gasteiger partial charge < -0.3 is 9.88 Å². The van der Waals surface area contributed by atoms with E-state index in [-0.39, 0.29) is 18.9 Å². The molecule has 38 heavy (non-hydrogen) atoms. The molecule has 0 bridgehead atoms. The van der Waals surface area contributed by atoms with Gasteiger partial charge in [0.25, 0.3) is 5.92 Å². The van der Waals surface area contributed by atoms with Crippen molar-refractivity contribution >= 4 is 0 Å². The van der Waals surface area contributed by atoms with Crippen molar-refractivity contribution in [3.63, 3.8) is 0 Å². The van der Waals surface area contributed by atoms with E-state index in [4.69, 9.17) is 5.10 Å². The molecule has 0 saturated carbocycles. The number of likely N-dealkylation sites (tertiary alicyclic amines) is 2. The zero-order valence-electron chi connectivity index (χ0n) is 22.0. The van der Waals surface area contributed by atoms with Gasteiger partial charge in [-0.3, -0.25) is 9.80 Å². The van der Waals surface area contributed by atoms with Crippen molar-refractivity contribution in [1.29, 1.82) is 0 Å². The molecule has 0 radical (unpaired) electrons. The second kappa shape index (κ2) is 11.2. The van der Waals surface area contributed by atoms with Crippen molar-refractivity contribution in [2.24, 2.45) is 0 Å². The number of hydrogen-bond donors (Lipinski definition) is 1. The van der Waals surface area contributed by atoms with E-state index in [1.807, 2.05) is 17.3 Å². The SMILES string of the molecule is FC1(F)CCCN(Cc2ccc(C(c3nncn3Cc3ccccc3)C3CCCN3C3CCNC3)cc2)C1. The van der Waals surface area contributed by atoms with Crippen molar-refractivity contribution in [2.45, 2.75) is 69.1 Å². The highest BCUT2D eigenvalue weighted by molar-refractivity contribution is 5.32. The van der Waals surface area contributed by atoms with Crippen LogP contribution < -0.4 is 5.32 Å². The molecule has 3 atom stereocenters. The fourth-order valence-electron chi connectivity index (χ4n) is 6.77. The fourth-order valence-corrected chi connectivity index (χ4v) is 6.77. The highest BCUT2D eigenvalue weighted by Crippen LogP contribution is 2.38. The number of halogens is 2. The van der Waals surface area contributed by atoms with Crippen molar-refractivity contribution in [1.82, 2.24) is 29.9 Å². The molecule has 1 N–H and O–H groups in total. The van der Waals surface area contributed by atoms with E-state index in [1.165, 1.54) is 24.0 Å². The third kappa shape index (κ3) is 5.67. The molecule has 3 aliphatic heterocycles. The van der Waals surface area contributed by atoms with Crippen LogP contribution in [0.25, 0.3) is 0 Å². The van der Waals surface area contributed by atoms with E-state index in [9.17, 15) is 8.78 Å². The van der Waals surface area contributed by atoms with Crippen LogP contribution in [0.4, 0.5) is 8.78 Å². The van der Waals surface area contributed by atoms with Crippen LogP contribution in [0.5, 0.6) is 0 Å². The Kier molecular flexibility index (Phi) is 7.54. The van der Waals surface area contributed by atoms with Gasteiger partial charge >= 0.3 is 0 Å². The molecular weight excluding hydrogens is 482 g/mol. The van der Waals surface area contributed by atoms with Crippen LogP contribution in [-0.2, 0) is 13.1 Å². The molecule has 6 rings (SSSR count). The molecule has 2 aromatic carbocycles. The van der Waals surface area contributed by atoms with Gasteiger partial charge in [0.2, 0.25) is 0 Å². The number of benzene rings is 2. The molecule has 3 aliphatic rings. The van der Waals surface area contributed by atoms with Crippen molar-refractivity contribution < 1.29 is 8.78 Å². The van der Waals surface area contributed by atoms with Crippen LogP contribution in [-0.4, -0.2) is 75.3 Å². The van der Waals surface area contributed by atoms with Crippen LogP contribution in [0.2, 0.25) is 0 Å². The van der Waals surface area contributed by atoms with Crippen LogP contribution >= 0.6 is 0 Å². The summed E-state index contributed by atoms with van der Waals surface area (Å²) < 4.78 is 30.1. The van der Waals surface area contributed by atoms with Gasteiger partial charge in [-0.25, -0.2) is 8.78 Å². The maximum atomic E-state index is 13.9. The van der Waals surface area contributed by atoms with Crippen molar-refractivity contribution in [3.05, 3.63) is 83.4 Å². The molecule has 3 unspecified atom stereocenters. The predicted octanol–water partition coefficient (Wildman–Crippen LogP) is 4.52. The molecule has 4 heterocycles. The Bertz CT molecular complexity index is 1170. The van der Waals surface area contributed by atoms with Gasteiger partial charge in [0.05, 0.1) is 19.0 Å². The highest BCUT2D eigenvalue weighted by atomic mass is 19.3. The third-order valence-electron chi connectivity index (χ3n) is 8.57. The lowest BCUT2D eigenvalue weighted by Crippen LogP contribution is -2.44. The average Bonchev–Trinajstić information content (AvgIpc) is 3.68. The summed E-state index contributed by atoms with van der Waals surface area (Å²) >= 11 is 0. The summed E-state index contributed by atoms with van der Waals surface area (Å²) in [6, 6.07) is 20.0. The number of piperidine rings is 1. The van der Waals surface area contributed by atoms with Crippen LogP contribution in [0.15, 0.2) is 60.9 Å². The molecule has 6 nitrogen and oxygen atoms in total. The summed E-state index contributed by atoms with van der Waals surface area (Å²) in [5.74, 6) is -1.48. The quantitative estimate of drug-likeness (QED) is 0.474. The first kappa shape index (κ1) is 25.6. The van der Waals surface area contributed by atoms with Crippen molar-refractivity contribution in [2.75, 3.05) is 32.7 Å². The maximum absolute atomic E-state index is 13.9. The summed E-state index contributed by atoms with van der Waals surface area (Å²) in [7, 11) is 0. The summed E-state index contributed by atoms with van der Waals surface area (Å²) in [5.41, 5.74) is 3.53. The van der Waals surface area contributed by atoms with Gasteiger partial charge in [-0.15, -0.1) is 10.2 Å². The van der Waals surface area contributed by atoms with Crippen molar-refractivity contribution in [3.8, 4) is 0 Å².